The number of aromatic nitrogens is 3. The molecule has 7 heteroatoms. The van der Waals surface area contributed by atoms with Gasteiger partial charge in [0.05, 0.1) is 42.7 Å². The van der Waals surface area contributed by atoms with Gasteiger partial charge in [-0.2, -0.15) is 5.26 Å². The van der Waals surface area contributed by atoms with E-state index >= 15 is 0 Å². The highest BCUT2D eigenvalue weighted by Crippen LogP contribution is 2.37. The number of anilines is 1. The van der Waals surface area contributed by atoms with Crippen LogP contribution in [0.5, 0.6) is 5.88 Å². The van der Waals surface area contributed by atoms with E-state index in [-0.39, 0.29) is 5.91 Å². The normalized spacial score (nSPS) is 13.2. The van der Waals surface area contributed by atoms with Gasteiger partial charge in [0.15, 0.2) is 0 Å². The molecule has 3 heterocycles. The van der Waals surface area contributed by atoms with Crippen LogP contribution in [0.15, 0.2) is 55.0 Å². The summed E-state index contributed by atoms with van der Waals surface area (Å²) in [6.45, 7) is 0. The molecule has 31 heavy (non-hydrogen) atoms. The maximum Gasteiger partial charge on any atom is 0.240 e. The third-order valence-electron chi connectivity index (χ3n) is 5.71. The first-order chi connectivity index (χ1) is 15.1. The van der Waals surface area contributed by atoms with Gasteiger partial charge < -0.3 is 9.64 Å². The topological polar surface area (TPSA) is 83.5 Å². The fraction of sp³-hybridized carbons (Fsp3) is 0.167. The Labute approximate surface area is 179 Å². The van der Waals surface area contributed by atoms with Crippen molar-refractivity contribution in [2.24, 2.45) is 0 Å². The second-order valence-electron chi connectivity index (χ2n) is 7.45. The molecule has 0 fully saturated rings. The zero-order valence-corrected chi connectivity index (χ0v) is 17.2. The molecule has 152 valence electrons. The number of hydrogen-bond donors (Lipinski definition) is 0. The third kappa shape index (κ3) is 3.01. The number of rotatable bonds is 3. The molecule has 2 aromatic carbocycles. The van der Waals surface area contributed by atoms with Crippen LogP contribution in [0, 0.1) is 11.3 Å². The van der Waals surface area contributed by atoms with Gasteiger partial charge in [-0.05, 0) is 36.2 Å². The van der Waals surface area contributed by atoms with Crippen LogP contribution in [-0.4, -0.2) is 34.4 Å². The minimum atomic E-state index is 0.127. The second kappa shape index (κ2) is 7.26. The smallest absolute Gasteiger partial charge is 0.240 e. The number of nitrogens with zero attached hydrogens (tertiary/aromatic N) is 5. The molecule has 1 aliphatic heterocycles. The van der Waals surface area contributed by atoms with E-state index in [1.165, 1.54) is 0 Å². The highest BCUT2D eigenvalue weighted by molar-refractivity contribution is 5.96. The summed E-state index contributed by atoms with van der Waals surface area (Å²) >= 11 is 0. The minimum absolute atomic E-state index is 0.127. The number of aryl methyl sites for hydroxylation is 1. The lowest BCUT2D eigenvalue weighted by Crippen LogP contribution is -2.31. The third-order valence-corrected chi connectivity index (χ3v) is 5.71. The first-order valence-corrected chi connectivity index (χ1v) is 9.91. The molecule has 0 spiro atoms. The Morgan fingerprint density at radius 2 is 1.87 bits per heavy atom. The first kappa shape index (κ1) is 18.8. The summed E-state index contributed by atoms with van der Waals surface area (Å²) in [5.41, 5.74) is 6.85. The van der Waals surface area contributed by atoms with Crippen LogP contribution >= 0.6 is 0 Å². The molecule has 5 rings (SSSR count). The number of carbonyl (C=O) groups is 1. The molecule has 2 aromatic heterocycles. The highest BCUT2D eigenvalue weighted by atomic mass is 16.5. The number of amides is 1. The van der Waals surface area contributed by atoms with Crippen LogP contribution in [-0.2, 0) is 11.2 Å². The van der Waals surface area contributed by atoms with Crippen molar-refractivity contribution in [3.63, 3.8) is 0 Å². The Hall–Kier alpha value is -4.18. The van der Waals surface area contributed by atoms with Gasteiger partial charge in [-0.25, -0.2) is 9.97 Å². The predicted octanol–water partition coefficient (Wildman–Crippen LogP) is 3.85. The highest BCUT2D eigenvalue weighted by Gasteiger charge is 2.23. The summed E-state index contributed by atoms with van der Waals surface area (Å²) in [5.74, 6) is 0.602. The summed E-state index contributed by atoms with van der Waals surface area (Å²) < 4.78 is 7.50. The van der Waals surface area contributed by atoms with Gasteiger partial charge in [-0.3, -0.25) is 9.20 Å². The minimum Gasteiger partial charge on any atom is -0.479 e. The van der Waals surface area contributed by atoms with E-state index in [4.69, 9.17) is 15.0 Å². The molecular weight excluding hydrogens is 390 g/mol. The fourth-order valence-electron chi connectivity index (χ4n) is 4.09. The number of imidazole rings is 1. The van der Waals surface area contributed by atoms with Crippen LogP contribution < -0.4 is 9.64 Å². The Balaban J connectivity index is 1.77. The average molecular weight is 409 g/mol. The predicted molar refractivity (Wildman–Crippen MR) is 117 cm³/mol. The molecule has 7 nitrogen and oxygen atoms in total. The van der Waals surface area contributed by atoms with E-state index in [1.807, 2.05) is 35.7 Å². The van der Waals surface area contributed by atoms with Crippen molar-refractivity contribution >= 4 is 17.1 Å². The van der Waals surface area contributed by atoms with Crippen molar-refractivity contribution in [1.82, 2.24) is 14.4 Å². The lowest BCUT2D eigenvalue weighted by molar-refractivity contribution is -0.118. The Bertz CT molecular complexity index is 1370. The number of fused-ring (bicyclic) bond motifs is 2. The van der Waals surface area contributed by atoms with Gasteiger partial charge in [0.1, 0.15) is 5.52 Å². The summed E-state index contributed by atoms with van der Waals surface area (Å²) in [7, 11) is 3.40. The van der Waals surface area contributed by atoms with Crippen molar-refractivity contribution in [2.45, 2.75) is 12.8 Å². The summed E-state index contributed by atoms with van der Waals surface area (Å²) in [6.07, 6.45) is 4.67. The largest absolute Gasteiger partial charge is 0.479 e. The maximum absolute atomic E-state index is 12.1. The molecule has 1 amide bonds. The van der Waals surface area contributed by atoms with Crippen molar-refractivity contribution in [3.8, 4) is 34.5 Å². The van der Waals surface area contributed by atoms with Gasteiger partial charge in [-0.15, -0.1) is 0 Å². The molecule has 0 unspecified atom stereocenters. The van der Waals surface area contributed by atoms with Gasteiger partial charge in [0.25, 0.3) is 0 Å². The van der Waals surface area contributed by atoms with E-state index in [9.17, 15) is 4.79 Å². The molecule has 1 aliphatic rings. The van der Waals surface area contributed by atoms with Gasteiger partial charge in [-0.1, -0.05) is 18.2 Å². The molecular formula is C24H19N5O2. The first-order valence-electron chi connectivity index (χ1n) is 9.91. The van der Waals surface area contributed by atoms with Crippen molar-refractivity contribution < 1.29 is 9.53 Å². The lowest BCUT2D eigenvalue weighted by Gasteiger charge is -2.26. The van der Waals surface area contributed by atoms with E-state index in [0.717, 1.165) is 39.3 Å². The maximum atomic E-state index is 12.1. The molecule has 0 atom stereocenters. The van der Waals surface area contributed by atoms with Crippen LogP contribution in [0.3, 0.4) is 0 Å². The van der Waals surface area contributed by atoms with E-state index in [2.05, 4.69) is 17.1 Å². The summed E-state index contributed by atoms with van der Waals surface area (Å²) in [5, 5.41) is 9.15. The number of benzene rings is 2. The van der Waals surface area contributed by atoms with Crippen LogP contribution in [0.1, 0.15) is 17.5 Å². The Kier molecular flexibility index (Phi) is 4.41. The zero-order chi connectivity index (χ0) is 21.5. The van der Waals surface area contributed by atoms with Gasteiger partial charge >= 0.3 is 0 Å². The van der Waals surface area contributed by atoms with Crippen molar-refractivity contribution in [1.29, 1.82) is 5.26 Å². The fourth-order valence-corrected chi connectivity index (χ4v) is 4.09. The Morgan fingerprint density at radius 3 is 2.61 bits per heavy atom. The van der Waals surface area contributed by atoms with Crippen LogP contribution in [0.2, 0.25) is 0 Å². The average Bonchev–Trinajstić information content (AvgIpc) is 3.30. The monoisotopic (exact) mass is 409 g/mol. The standard InChI is InChI=1S/C24H19N5O2/c1-28-19-9-7-18(11-17(19)8-10-21(28)30)23-22(16-5-3-15(12-25)4-6-16)27-24(31-2)20-13-26-14-29(20)23/h3-7,9,11,13-14H,8,10H2,1-2H3. The second-order valence-corrected chi connectivity index (χ2v) is 7.45. The number of carbonyl (C=O) groups excluding carboxylic acids is 1. The van der Waals surface area contributed by atoms with Crippen molar-refractivity contribution in [2.75, 3.05) is 19.1 Å². The van der Waals surface area contributed by atoms with E-state index in [0.29, 0.717) is 24.3 Å². The number of nitriles is 1. The quantitative estimate of drug-likeness (QED) is 0.513. The molecule has 0 saturated carbocycles. The van der Waals surface area contributed by atoms with E-state index < -0.39 is 0 Å². The van der Waals surface area contributed by atoms with Gasteiger partial charge in [0.2, 0.25) is 11.8 Å². The van der Waals surface area contributed by atoms with E-state index in [1.54, 1.807) is 36.7 Å². The Morgan fingerprint density at radius 1 is 1.10 bits per heavy atom. The number of hydrogen-bond acceptors (Lipinski definition) is 5. The molecule has 0 saturated heterocycles. The summed E-state index contributed by atoms with van der Waals surface area (Å²) in [6, 6.07) is 15.6. The molecule has 0 bridgehead atoms. The van der Waals surface area contributed by atoms with Gasteiger partial charge in [0, 0.05) is 30.3 Å². The van der Waals surface area contributed by atoms with Crippen molar-refractivity contribution in [3.05, 3.63) is 66.1 Å². The lowest BCUT2D eigenvalue weighted by atomic mass is 9.96. The SMILES string of the molecule is COc1nc(-c2ccc(C#N)cc2)c(-c2ccc3c(c2)CCC(=O)N3C)n2cncc12. The zero-order valence-electron chi connectivity index (χ0n) is 17.2. The van der Waals surface area contributed by atoms with Crippen LogP contribution in [0.4, 0.5) is 5.69 Å². The number of methoxy groups -OCH3 is 1. The molecule has 0 aliphatic carbocycles. The molecule has 0 radical (unpaired) electrons. The number of ether oxygens (including phenoxy) is 1. The molecule has 4 aromatic rings. The van der Waals surface area contributed by atoms with Crippen LogP contribution in [0.25, 0.3) is 28.0 Å². The summed E-state index contributed by atoms with van der Waals surface area (Å²) in [4.78, 5) is 22.9. The molecule has 0 N–H and O–H groups in total.